The Hall–Kier alpha value is -1.64. The van der Waals surface area contributed by atoms with Gasteiger partial charge in [-0.1, -0.05) is 18.7 Å². The smallest absolute Gasteiger partial charge is 0.228 e. The highest BCUT2D eigenvalue weighted by Gasteiger charge is 2.29. The molecule has 1 fully saturated rings. The van der Waals surface area contributed by atoms with Crippen LogP contribution >= 0.6 is 0 Å². The topological polar surface area (TPSA) is 33.2 Å². The van der Waals surface area contributed by atoms with Gasteiger partial charge in [0.05, 0.1) is 6.42 Å². The van der Waals surface area contributed by atoms with E-state index in [1.54, 1.807) is 12.3 Å². The van der Waals surface area contributed by atoms with Crippen molar-refractivity contribution in [1.82, 2.24) is 9.88 Å². The summed E-state index contributed by atoms with van der Waals surface area (Å²) in [5.74, 6) is 0.154. The van der Waals surface area contributed by atoms with E-state index in [4.69, 9.17) is 0 Å². The van der Waals surface area contributed by atoms with Gasteiger partial charge in [0.25, 0.3) is 0 Å². The van der Waals surface area contributed by atoms with Crippen LogP contribution < -0.4 is 0 Å². The molecule has 0 spiro atoms. The van der Waals surface area contributed by atoms with E-state index in [-0.39, 0.29) is 5.91 Å². The number of pyridine rings is 1. The second-order valence-corrected chi connectivity index (χ2v) is 4.20. The first kappa shape index (κ1) is 10.9. The number of hydrogen-bond acceptors (Lipinski definition) is 2. The van der Waals surface area contributed by atoms with Gasteiger partial charge in [-0.3, -0.25) is 9.78 Å². The molecule has 1 aromatic rings. The molecule has 16 heavy (non-hydrogen) atoms. The molecule has 0 bridgehead atoms. The van der Waals surface area contributed by atoms with Gasteiger partial charge in [0, 0.05) is 25.0 Å². The van der Waals surface area contributed by atoms with Crippen molar-refractivity contribution in [2.24, 2.45) is 0 Å². The molecule has 0 aliphatic heterocycles. The Morgan fingerprint density at radius 2 is 2.38 bits per heavy atom. The fourth-order valence-corrected chi connectivity index (χ4v) is 1.61. The summed E-state index contributed by atoms with van der Waals surface area (Å²) in [5.41, 5.74) is 1.80. The number of rotatable bonds is 4. The van der Waals surface area contributed by atoms with Crippen LogP contribution in [-0.2, 0) is 11.2 Å². The van der Waals surface area contributed by atoms with Gasteiger partial charge in [-0.05, 0) is 24.5 Å². The standard InChI is InChI=1S/C13H16N2O/c1-3-10-4-5-11(14-9-10)8-13(16)15(2)12-6-7-12/h3-5,9,12H,1,6-8H2,2H3. The zero-order valence-corrected chi connectivity index (χ0v) is 9.52. The average molecular weight is 216 g/mol. The summed E-state index contributed by atoms with van der Waals surface area (Å²) < 4.78 is 0. The second-order valence-electron chi connectivity index (χ2n) is 4.20. The molecule has 84 valence electrons. The van der Waals surface area contributed by atoms with Crippen molar-refractivity contribution in [3.05, 3.63) is 36.2 Å². The summed E-state index contributed by atoms with van der Waals surface area (Å²) in [6.45, 7) is 3.67. The third-order valence-corrected chi connectivity index (χ3v) is 2.90. The largest absolute Gasteiger partial charge is 0.342 e. The van der Waals surface area contributed by atoms with Gasteiger partial charge in [0.2, 0.25) is 5.91 Å². The summed E-state index contributed by atoms with van der Waals surface area (Å²) in [6, 6.07) is 4.29. The average Bonchev–Trinajstić information content (AvgIpc) is 3.13. The van der Waals surface area contributed by atoms with Crippen molar-refractivity contribution in [3.63, 3.8) is 0 Å². The quantitative estimate of drug-likeness (QED) is 0.770. The highest BCUT2D eigenvalue weighted by molar-refractivity contribution is 5.78. The molecule has 1 aliphatic carbocycles. The van der Waals surface area contributed by atoms with Crippen LogP contribution in [0.3, 0.4) is 0 Å². The highest BCUT2D eigenvalue weighted by atomic mass is 16.2. The molecule has 3 nitrogen and oxygen atoms in total. The first-order chi connectivity index (χ1) is 7.70. The second kappa shape index (κ2) is 4.47. The minimum atomic E-state index is 0.154. The fourth-order valence-electron chi connectivity index (χ4n) is 1.61. The Morgan fingerprint density at radius 3 is 2.88 bits per heavy atom. The van der Waals surface area contributed by atoms with E-state index in [0.29, 0.717) is 12.5 Å². The molecule has 1 aliphatic rings. The van der Waals surface area contributed by atoms with Crippen molar-refractivity contribution >= 4 is 12.0 Å². The summed E-state index contributed by atoms with van der Waals surface area (Å²) >= 11 is 0. The van der Waals surface area contributed by atoms with E-state index < -0.39 is 0 Å². The van der Waals surface area contributed by atoms with Crippen LogP contribution in [0.1, 0.15) is 24.1 Å². The van der Waals surface area contributed by atoms with E-state index in [1.165, 1.54) is 0 Å². The first-order valence-electron chi connectivity index (χ1n) is 5.53. The van der Waals surface area contributed by atoms with E-state index in [2.05, 4.69) is 11.6 Å². The Labute approximate surface area is 95.8 Å². The number of carbonyl (C=O) groups excluding carboxylic acids is 1. The molecule has 1 heterocycles. The maximum Gasteiger partial charge on any atom is 0.228 e. The Bertz CT molecular complexity index is 393. The van der Waals surface area contributed by atoms with Gasteiger partial charge in [-0.15, -0.1) is 0 Å². The molecule has 0 unspecified atom stereocenters. The maximum absolute atomic E-state index is 11.8. The molecule has 1 amide bonds. The van der Waals surface area contributed by atoms with Gasteiger partial charge in [0.15, 0.2) is 0 Å². The predicted molar refractivity (Wildman–Crippen MR) is 63.8 cm³/mol. The van der Waals surface area contributed by atoms with E-state index in [0.717, 1.165) is 24.1 Å². The van der Waals surface area contributed by atoms with Crippen LogP contribution in [0.4, 0.5) is 0 Å². The van der Waals surface area contributed by atoms with E-state index in [1.807, 2.05) is 24.1 Å². The first-order valence-corrected chi connectivity index (χ1v) is 5.53. The van der Waals surface area contributed by atoms with E-state index in [9.17, 15) is 4.79 Å². The molecule has 2 rings (SSSR count). The van der Waals surface area contributed by atoms with Crippen LogP contribution in [0.15, 0.2) is 24.9 Å². The zero-order valence-electron chi connectivity index (χ0n) is 9.52. The molecule has 0 N–H and O–H groups in total. The molecule has 0 radical (unpaired) electrons. The summed E-state index contributed by atoms with van der Waals surface area (Å²) in [5, 5.41) is 0. The molecule has 1 saturated carbocycles. The predicted octanol–water partition coefficient (Wildman–Crippen LogP) is 1.89. The lowest BCUT2D eigenvalue weighted by Gasteiger charge is -2.15. The van der Waals surface area contributed by atoms with Crippen LogP contribution in [0.25, 0.3) is 6.08 Å². The van der Waals surface area contributed by atoms with Gasteiger partial charge in [0.1, 0.15) is 0 Å². The minimum absolute atomic E-state index is 0.154. The SMILES string of the molecule is C=Cc1ccc(CC(=O)N(C)C2CC2)nc1. The number of amides is 1. The van der Waals surface area contributed by atoms with Gasteiger partial charge in [-0.25, -0.2) is 0 Å². The van der Waals surface area contributed by atoms with Crippen molar-refractivity contribution in [1.29, 1.82) is 0 Å². The lowest BCUT2D eigenvalue weighted by molar-refractivity contribution is -0.129. The summed E-state index contributed by atoms with van der Waals surface area (Å²) in [4.78, 5) is 17.9. The number of hydrogen-bond donors (Lipinski definition) is 0. The Kier molecular flexibility index (Phi) is 3.04. The van der Waals surface area contributed by atoms with Crippen molar-refractivity contribution in [2.75, 3.05) is 7.05 Å². The molecule has 3 heteroatoms. The third-order valence-electron chi connectivity index (χ3n) is 2.90. The minimum Gasteiger partial charge on any atom is -0.342 e. The van der Waals surface area contributed by atoms with Crippen molar-refractivity contribution < 1.29 is 4.79 Å². The highest BCUT2D eigenvalue weighted by Crippen LogP contribution is 2.25. The van der Waals surface area contributed by atoms with Gasteiger partial charge >= 0.3 is 0 Å². The van der Waals surface area contributed by atoms with Crippen molar-refractivity contribution in [3.8, 4) is 0 Å². The lowest BCUT2D eigenvalue weighted by atomic mass is 10.2. The fraction of sp³-hybridized carbons (Fsp3) is 0.385. The van der Waals surface area contributed by atoms with Crippen LogP contribution in [0, 0.1) is 0 Å². The molecule has 1 aromatic heterocycles. The molecule has 0 aromatic carbocycles. The normalized spacial score (nSPS) is 14.6. The van der Waals surface area contributed by atoms with Crippen LogP contribution in [-0.4, -0.2) is 28.9 Å². The number of nitrogens with zero attached hydrogens (tertiary/aromatic N) is 2. The molecular weight excluding hydrogens is 200 g/mol. The maximum atomic E-state index is 11.8. The number of carbonyl (C=O) groups is 1. The van der Waals surface area contributed by atoms with Crippen molar-refractivity contribution in [2.45, 2.75) is 25.3 Å². The Morgan fingerprint density at radius 1 is 1.62 bits per heavy atom. The van der Waals surface area contributed by atoms with Crippen LogP contribution in [0.2, 0.25) is 0 Å². The summed E-state index contributed by atoms with van der Waals surface area (Å²) in [6.07, 6.45) is 6.17. The molecular formula is C13H16N2O. The van der Waals surface area contributed by atoms with Crippen LogP contribution in [0.5, 0.6) is 0 Å². The van der Waals surface area contributed by atoms with E-state index >= 15 is 0 Å². The van der Waals surface area contributed by atoms with Gasteiger partial charge in [-0.2, -0.15) is 0 Å². The lowest BCUT2D eigenvalue weighted by Crippen LogP contribution is -2.30. The Balaban J connectivity index is 1.97. The summed E-state index contributed by atoms with van der Waals surface area (Å²) in [7, 11) is 1.87. The monoisotopic (exact) mass is 216 g/mol. The number of aromatic nitrogens is 1. The zero-order chi connectivity index (χ0) is 11.5. The molecule has 0 saturated heterocycles. The van der Waals surface area contributed by atoms with Gasteiger partial charge < -0.3 is 4.90 Å². The molecule has 0 atom stereocenters. The number of likely N-dealkylation sites (N-methyl/N-ethyl adjacent to an activating group) is 1. The third kappa shape index (κ3) is 2.48.